The lowest BCUT2D eigenvalue weighted by Gasteiger charge is -2.31. The summed E-state index contributed by atoms with van der Waals surface area (Å²) in [4.78, 5) is 4.16. The van der Waals surface area contributed by atoms with Gasteiger partial charge in [0.1, 0.15) is 6.10 Å². The lowest BCUT2D eigenvalue weighted by molar-refractivity contribution is 0.0965. The van der Waals surface area contributed by atoms with Crippen molar-refractivity contribution in [1.82, 2.24) is 4.98 Å². The van der Waals surface area contributed by atoms with Gasteiger partial charge in [0.15, 0.2) is 0 Å². The number of hydrogen-bond acceptors (Lipinski definition) is 2. The maximum absolute atomic E-state index is 5.86. The molecule has 0 N–H and O–H groups in total. The van der Waals surface area contributed by atoms with E-state index in [9.17, 15) is 0 Å². The number of ether oxygens (including phenoxy) is 1. The van der Waals surface area contributed by atoms with Crippen molar-refractivity contribution in [1.29, 1.82) is 0 Å². The zero-order valence-corrected chi connectivity index (χ0v) is 10.6. The molecule has 1 aromatic heterocycles. The molecule has 2 rings (SSSR count). The minimum absolute atomic E-state index is 0.319. The fourth-order valence-electron chi connectivity index (χ4n) is 2.21. The molecule has 0 saturated heterocycles. The van der Waals surface area contributed by atoms with Crippen LogP contribution in [0.5, 0.6) is 5.88 Å². The van der Waals surface area contributed by atoms with Crippen molar-refractivity contribution in [3.05, 3.63) is 23.4 Å². The SMILES string of the molecule is CC1CCC(Oc2ccc(Cl)cn2)CC1C. The van der Waals surface area contributed by atoms with Crippen LogP contribution in [-0.2, 0) is 0 Å². The molecule has 1 aromatic rings. The molecule has 3 heteroatoms. The van der Waals surface area contributed by atoms with Crippen molar-refractivity contribution in [3.63, 3.8) is 0 Å². The predicted octanol–water partition coefficient (Wildman–Crippen LogP) is 3.94. The van der Waals surface area contributed by atoms with Gasteiger partial charge < -0.3 is 4.74 Å². The molecule has 0 bridgehead atoms. The van der Waals surface area contributed by atoms with Gasteiger partial charge in [-0.15, -0.1) is 0 Å². The first-order chi connectivity index (χ1) is 7.65. The van der Waals surface area contributed by atoms with Gasteiger partial charge in [0.2, 0.25) is 5.88 Å². The summed E-state index contributed by atoms with van der Waals surface area (Å²) in [7, 11) is 0. The number of rotatable bonds is 2. The molecule has 1 aliphatic rings. The molecule has 1 saturated carbocycles. The van der Waals surface area contributed by atoms with Gasteiger partial charge in [-0.1, -0.05) is 25.4 Å². The normalized spacial score (nSPS) is 30.1. The van der Waals surface area contributed by atoms with Crippen LogP contribution < -0.4 is 4.74 Å². The summed E-state index contributed by atoms with van der Waals surface area (Å²) in [5.41, 5.74) is 0. The van der Waals surface area contributed by atoms with E-state index in [1.165, 1.54) is 6.42 Å². The molecule has 0 aliphatic heterocycles. The first-order valence-corrected chi connectivity index (χ1v) is 6.31. The highest BCUT2D eigenvalue weighted by Gasteiger charge is 2.25. The van der Waals surface area contributed by atoms with Crippen LogP contribution in [0.15, 0.2) is 18.3 Å². The molecule has 3 atom stereocenters. The number of pyridine rings is 1. The highest BCUT2D eigenvalue weighted by Crippen LogP contribution is 2.31. The van der Waals surface area contributed by atoms with Gasteiger partial charge in [0, 0.05) is 12.3 Å². The third kappa shape index (κ3) is 2.88. The van der Waals surface area contributed by atoms with Gasteiger partial charge in [-0.2, -0.15) is 0 Å². The lowest BCUT2D eigenvalue weighted by Crippen LogP contribution is -2.28. The van der Waals surface area contributed by atoms with E-state index in [0.717, 1.165) is 24.7 Å². The monoisotopic (exact) mass is 239 g/mol. The van der Waals surface area contributed by atoms with Crippen LogP contribution in [0, 0.1) is 11.8 Å². The highest BCUT2D eigenvalue weighted by molar-refractivity contribution is 6.30. The summed E-state index contributed by atoms with van der Waals surface area (Å²) in [5, 5.41) is 0.651. The van der Waals surface area contributed by atoms with Crippen LogP contribution >= 0.6 is 11.6 Å². The zero-order chi connectivity index (χ0) is 11.5. The van der Waals surface area contributed by atoms with E-state index in [1.54, 1.807) is 6.20 Å². The maximum Gasteiger partial charge on any atom is 0.213 e. The molecule has 0 spiro atoms. The summed E-state index contributed by atoms with van der Waals surface area (Å²) in [6, 6.07) is 3.66. The molecular formula is C13H18ClNO. The molecule has 88 valence electrons. The molecule has 1 aliphatic carbocycles. The molecule has 0 radical (unpaired) electrons. The fraction of sp³-hybridized carbons (Fsp3) is 0.615. The first kappa shape index (κ1) is 11.7. The van der Waals surface area contributed by atoms with Crippen LogP contribution in [0.1, 0.15) is 33.1 Å². The van der Waals surface area contributed by atoms with Crippen molar-refractivity contribution in [2.75, 3.05) is 0 Å². The maximum atomic E-state index is 5.86. The fourth-order valence-corrected chi connectivity index (χ4v) is 2.32. The Morgan fingerprint density at radius 2 is 2.06 bits per heavy atom. The van der Waals surface area contributed by atoms with E-state index >= 15 is 0 Å². The minimum Gasteiger partial charge on any atom is -0.474 e. The van der Waals surface area contributed by atoms with Crippen molar-refractivity contribution in [2.24, 2.45) is 11.8 Å². The van der Waals surface area contributed by atoms with Gasteiger partial charge in [-0.3, -0.25) is 0 Å². The number of aromatic nitrogens is 1. The molecule has 1 fully saturated rings. The molecule has 3 unspecified atom stereocenters. The van der Waals surface area contributed by atoms with Crippen LogP contribution in [0.25, 0.3) is 0 Å². The molecule has 0 aromatic carbocycles. The summed E-state index contributed by atoms with van der Waals surface area (Å²) < 4.78 is 5.86. The van der Waals surface area contributed by atoms with E-state index in [-0.39, 0.29) is 0 Å². The third-order valence-corrected chi connectivity index (χ3v) is 3.76. The van der Waals surface area contributed by atoms with Crippen molar-refractivity contribution < 1.29 is 4.74 Å². The first-order valence-electron chi connectivity index (χ1n) is 5.93. The summed E-state index contributed by atoms with van der Waals surface area (Å²) in [5.74, 6) is 2.25. The number of hydrogen-bond donors (Lipinski definition) is 0. The molecule has 1 heterocycles. The van der Waals surface area contributed by atoms with Crippen molar-refractivity contribution in [2.45, 2.75) is 39.2 Å². The van der Waals surface area contributed by atoms with E-state index in [4.69, 9.17) is 16.3 Å². The Bertz CT molecular complexity index is 338. The van der Waals surface area contributed by atoms with Gasteiger partial charge in [0.25, 0.3) is 0 Å². The molecule has 2 nitrogen and oxygen atoms in total. The van der Waals surface area contributed by atoms with Gasteiger partial charge in [0.05, 0.1) is 5.02 Å². The van der Waals surface area contributed by atoms with E-state index in [2.05, 4.69) is 18.8 Å². The van der Waals surface area contributed by atoms with Gasteiger partial charge in [-0.05, 0) is 37.2 Å². The Kier molecular flexibility index (Phi) is 3.70. The summed E-state index contributed by atoms with van der Waals surface area (Å²) in [6.07, 6.45) is 5.46. The highest BCUT2D eigenvalue weighted by atomic mass is 35.5. The quantitative estimate of drug-likeness (QED) is 0.780. The number of halogens is 1. The van der Waals surface area contributed by atoms with Crippen LogP contribution in [0.4, 0.5) is 0 Å². The average Bonchev–Trinajstić information content (AvgIpc) is 2.27. The molecule has 16 heavy (non-hydrogen) atoms. The number of nitrogens with zero attached hydrogens (tertiary/aromatic N) is 1. The second-order valence-corrected chi connectivity index (χ2v) is 5.26. The Morgan fingerprint density at radius 3 is 2.69 bits per heavy atom. The van der Waals surface area contributed by atoms with Gasteiger partial charge in [-0.25, -0.2) is 4.98 Å². The topological polar surface area (TPSA) is 22.1 Å². The van der Waals surface area contributed by atoms with E-state index < -0.39 is 0 Å². The van der Waals surface area contributed by atoms with Crippen LogP contribution in [-0.4, -0.2) is 11.1 Å². The Labute approximate surface area is 102 Å². The summed E-state index contributed by atoms with van der Waals surface area (Å²) >= 11 is 5.78. The second kappa shape index (κ2) is 5.05. The van der Waals surface area contributed by atoms with Crippen molar-refractivity contribution in [3.8, 4) is 5.88 Å². The Balaban J connectivity index is 1.93. The largest absolute Gasteiger partial charge is 0.474 e. The second-order valence-electron chi connectivity index (χ2n) is 4.82. The lowest BCUT2D eigenvalue weighted by atomic mass is 9.80. The third-order valence-electron chi connectivity index (χ3n) is 3.54. The summed E-state index contributed by atoms with van der Waals surface area (Å²) in [6.45, 7) is 4.62. The van der Waals surface area contributed by atoms with E-state index in [0.29, 0.717) is 17.0 Å². The predicted molar refractivity (Wildman–Crippen MR) is 65.8 cm³/mol. The Hall–Kier alpha value is -0.760. The molecule has 0 amide bonds. The van der Waals surface area contributed by atoms with Crippen molar-refractivity contribution >= 4 is 11.6 Å². The zero-order valence-electron chi connectivity index (χ0n) is 9.82. The minimum atomic E-state index is 0.319. The smallest absolute Gasteiger partial charge is 0.213 e. The van der Waals surface area contributed by atoms with Crippen LogP contribution in [0.2, 0.25) is 5.02 Å². The molecular weight excluding hydrogens is 222 g/mol. The van der Waals surface area contributed by atoms with Crippen LogP contribution in [0.3, 0.4) is 0 Å². The van der Waals surface area contributed by atoms with Gasteiger partial charge >= 0.3 is 0 Å². The average molecular weight is 240 g/mol. The Morgan fingerprint density at radius 1 is 1.25 bits per heavy atom. The van der Waals surface area contributed by atoms with E-state index in [1.807, 2.05) is 12.1 Å². The standard InChI is InChI=1S/C13H18ClNO/c1-9-3-5-12(7-10(9)2)16-13-6-4-11(14)8-15-13/h4,6,8-10,12H,3,5,7H2,1-2H3.